The Morgan fingerprint density at radius 3 is 2.72 bits per heavy atom. The van der Waals surface area contributed by atoms with Gasteiger partial charge in [-0.15, -0.1) is 0 Å². The molecule has 1 fully saturated rings. The second-order valence-electron chi connectivity index (χ2n) is 6.36. The first-order valence-electron chi connectivity index (χ1n) is 6.72. The highest BCUT2D eigenvalue weighted by Crippen LogP contribution is 2.29. The van der Waals surface area contributed by atoms with Crippen molar-refractivity contribution in [2.24, 2.45) is 11.7 Å². The molecule has 102 valence electrons. The van der Waals surface area contributed by atoms with E-state index in [2.05, 4.69) is 37.0 Å². The van der Waals surface area contributed by atoms with E-state index in [0.717, 1.165) is 24.0 Å². The molecule has 1 aliphatic rings. The van der Waals surface area contributed by atoms with Crippen LogP contribution in [0.15, 0.2) is 0 Å². The summed E-state index contributed by atoms with van der Waals surface area (Å²) in [7, 11) is 0. The highest BCUT2D eigenvalue weighted by Gasteiger charge is 2.26. The molecule has 0 saturated carbocycles. The molecule has 2 atom stereocenters. The summed E-state index contributed by atoms with van der Waals surface area (Å²) in [5.41, 5.74) is 6.06. The minimum absolute atomic E-state index is 0.0328. The third kappa shape index (κ3) is 3.01. The van der Waals surface area contributed by atoms with Crippen LogP contribution in [0.5, 0.6) is 0 Å². The van der Waals surface area contributed by atoms with E-state index in [1.54, 1.807) is 0 Å². The van der Waals surface area contributed by atoms with Crippen LogP contribution in [0.4, 0.5) is 5.13 Å². The monoisotopic (exact) mass is 268 g/mol. The Hall–Kier alpha value is -0.680. The highest BCUT2D eigenvalue weighted by molar-refractivity contribution is 7.09. The number of aromatic nitrogens is 2. The largest absolute Gasteiger partial charge is 0.347 e. The molecule has 0 radical (unpaired) electrons. The summed E-state index contributed by atoms with van der Waals surface area (Å²) in [5.74, 6) is 1.53. The molecule has 1 aromatic rings. The van der Waals surface area contributed by atoms with E-state index in [0.29, 0.717) is 5.92 Å². The van der Waals surface area contributed by atoms with Crippen LogP contribution >= 0.6 is 11.5 Å². The Morgan fingerprint density at radius 2 is 2.17 bits per heavy atom. The zero-order valence-electron chi connectivity index (χ0n) is 11.8. The Balaban J connectivity index is 2.09. The number of nitrogens with zero attached hydrogens (tertiary/aromatic N) is 3. The lowest BCUT2D eigenvalue weighted by atomic mass is 9.92. The molecule has 0 aliphatic carbocycles. The summed E-state index contributed by atoms with van der Waals surface area (Å²) in [5, 5.41) is 1.06. The van der Waals surface area contributed by atoms with Crippen molar-refractivity contribution in [3.63, 3.8) is 0 Å². The van der Waals surface area contributed by atoms with Gasteiger partial charge in [0.05, 0.1) is 0 Å². The summed E-state index contributed by atoms with van der Waals surface area (Å²) in [6.45, 7) is 10.7. The standard InChI is InChI=1S/C13H24N4S/c1-9(14)10-6-5-7-17(8-10)12-15-11(16-18-12)13(2,3)4/h9-10H,5-8,14H2,1-4H3. The average molecular weight is 268 g/mol. The fourth-order valence-corrected chi connectivity index (χ4v) is 3.15. The maximum absolute atomic E-state index is 6.02. The van der Waals surface area contributed by atoms with Crippen LogP contribution in [0.3, 0.4) is 0 Å². The zero-order valence-corrected chi connectivity index (χ0v) is 12.6. The van der Waals surface area contributed by atoms with E-state index in [9.17, 15) is 0 Å². The molecule has 2 N–H and O–H groups in total. The number of hydrogen-bond acceptors (Lipinski definition) is 5. The first-order valence-corrected chi connectivity index (χ1v) is 7.50. The van der Waals surface area contributed by atoms with E-state index < -0.39 is 0 Å². The van der Waals surface area contributed by atoms with E-state index in [-0.39, 0.29) is 11.5 Å². The topological polar surface area (TPSA) is 55.0 Å². The van der Waals surface area contributed by atoms with Crippen molar-refractivity contribution in [1.29, 1.82) is 0 Å². The average Bonchev–Trinajstić information content (AvgIpc) is 2.78. The van der Waals surface area contributed by atoms with Gasteiger partial charge in [-0.1, -0.05) is 20.8 Å². The van der Waals surface area contributed by atoms with Crippen molar-refractivity contribution < 1.29 is 0 Å². The van der Waals surface area contributed by atoms with Crippen LogP contribution < -0.4 is 10.6 Å². The number of nitrogens with two attached hydrogens (primary N) is 1. The van der Waals surface area contributed by atoms with Gasteiger partial charge in [-0.25, -0.2) is 4.98 Å². The van der Waals surface area contributed by atoms with Gasteiger partial charge in [0.15, 0.2) is 0 Å². The molecular formula is C13H24N4S. The van der Waals surface area contributed by atoms with E-state index in [1.165, 1.54) is 24.4 Å². The molecule has 0 spiro atoms. The summed E-state index contributed by atoms with van der Waals surface area (Å²) >= 11 is 1.52. The Bertz CT molecular complexity index is 394. The van der Waals surface area contributed by atoms with Crippen LogP contribution in [0.1, 0.15) is 46.4 Å². The molecule has 18 heavy (non-hydrogen) atoms. The molecule has 0 amide bonds. The molecule has 2 heterocycles. The van der Waals surface area contributed by atoms with Gasteiger partial charge in [-0.2, -0.15) is 4.37 Å². The fourth-order valence-electron chi connectivity index (χ4n) is 2.26. The number of piperidine rings is 1. The molecule has 0 bridgehead atoms. The van der Waals surface area contributed by atoms with Gasteiger partial charge >= 0.3 is 0 Å². The summed E-state index contributed by atoms with van der Waals surface area (Å²) in [4.78, 5) is 7.04. The molecule has 4 nitrogen and oxygen atoms in total. The number of rotatable bonds is 2. The van der Waals surface area contributed by atoms with E-state index in [4.69, 9.17) is 10.7 Å². The van der Waals surface area contributed by atoms with Gasteiger partial charge in [-0.3, -0.25) is 0 Å². The van der Waals surface area contributed by atoms with Gasteiger partial charge < -0.3 is 10.6 Å². The highest BCUT2D eigenvalue weighted by atomic mass is 32.1. The predicted octanol–water partition coefficient (Wildman–Crippen LogP) is 2.40. The van der Waals surface area contributed by atoms with Crippen LogP contribution in [-0.4, -0.2) is 28.5 Å². The van der Waals surface area contributed by atoms with Crippen molar-refractivity contribution >= 4 is 16.7 Å². The third-order valence-corrected chi connectivity index (χ3v) is 4.34. The lowest BCUT2D eigenvalue weighted by Gasteiger charge is -2.34. The third-order valence-electron chi connectivity index (χ3n) is 3.56. The molecule has 2 unspecified atom stereocenters. The van der Waals surface area contributed by atoms with Crippen LogP contribution in [0.25, 0.3) is 0 Å². The van der Waals surface area contributed by atoms with Crippen LogP contribution in [0, 0.1) is 5.92 Å². The van der Waals surface area contributed by atoms with Crippen LogP contribution in [-0.2, 0) is 5.41 Å². The van der Waals surface area contributed by atoms with Gasteiger partial charge in [0, 0.05) is 36.1 Å². The van der Waals surface area contributed by atoms with Crippen molar-refractivity contribution in [1.82, 2.24) is 9.36 Å². The van der Waals surface area contributed by atoms with E-state index in [1.807, 2.05) is 0 Å². The first-order chi connectivity index (χ1) is 8.38. The lowest BCUT2D eigenvalue weighted by Crippen LogP contribution is -2.42. The molecule has 1 aromatic heterocycles. The minimum atomic E-state index is 0.0328. The maximum atomic E-state index is 6.02. The molecule has 0 aromatic carbocycles. The Labute approximate surface area is 114 Å². The molecule has 1 aliphatic heterocycles. The predicted molar refractivity (Wildman–Crippen MR) is 77.2 cm³/mol. The van der Waals surface area contributed by atoms with E-state index >= 15 is 0 Å². The quantitative estimate of drug-likeness (QED) is 0.895. The molecular weight excluding hydrogens is 244 g/mol. The zero-order chi connectivity index (χ0) is 13.3. The molecule has 1 saturated heterocycles. The smallest absolute Gasteiger partial charge is 0.205 e. The van der Waals surface area contributed by atoms with Crippen molar-refractivity contribution in [2.75, 3.05) is 18.0 Å². The van der Waals surface area contributed by atoms with Crippen LogP contribution in [0.2, 0.25) is 0 Å². The second kappa shape index (κ2) is 5.13. The normalized spacial score (nSPS) is 23.2. The maximum Gasteiger partial charge on any atom is 0.205 e. The Kier molecular flexibility index (Phi) is 3.92. The Morgan fingerprint density at radius 1 is 1.44 bits per heavy atom. The summed E-state index contributed by atoms with van der Waals surface area (Å²) in [6, 6.07) is 0.266. The summed E-state index contributed by atoms with van der Waals surface area (Å²) < 4.78 is 4.49. The van der Waals surface area contributed by atoms with Crippen molar-refractivity contribution in [2.45, 2.75) is 52.0 Å². The number of hydrogen-bond donors (Lipinski definition) is 1. The van der Waals surface area contributed by atoms with Gasteiger partial charge in [0.2, 0.25) is 5.13 Å². The van der Waals surface area contributed by atoms with Crippen molar-refractivity contribution in [3.8, 4) is 0 Å². The van der Waals surface area contributed by atoms with Gasteiger partial charge in [0.1, 0.15) is 5.82 Å². The molecule has 5 heteroatoms. The number of anilines is 1. The summed E-state index contributed by atoms with van der Waals surface area (Å²) in [6.07, 6.45) is 2.44. The fraction of sp³-hybridized carbons (Fsp3) is 0.846. The second-order valence-corrected chi connectivity index (χ2v) is 7.09. The molecule has 2 rings (SSSR count). The van der Waals surface area contributed by atoms with Crippen molar-refractivity contribution in [3.05, 3.63) is 5.82 Å². The van der Waals surface area contributed by atoms with Gasteiger partial charge in [0.25, 0.3) is 0 Å². The SMILES string of the molecule is CC(N)C1CCCN(c2nc(C(C)(C)C)ns2)C1. The minimum Gasteiger partial charge on any atom is -0.347 e. The van der Waals surface area contributed by atoms with Gasteiger partial charge in [-0.05, 0) is 25.7 Å². The first kappa shape index (κ1) is 13.7. The lowest BCUT2D eigenvalue weighted by molar-refractivity contribution is 0.364.